The fourth-order valence-electron chi connectivity index (χ4n) is 6.72. The molecule has 5 fully saturated rings. The fourth-order valence-corrected chi connectivity index (χ4v) is 6.72. The number of aromatic nitrogens is 4. The van der Waals surface area contributed by atoms with E-state index >= 15 is 0 Å². The number of hydrogen-bond acceptors (Lipinski definition) is 9. The molecule has 1 saturated carbocycles. The van der Waals surface area contributed by atoms with E-state index in [0.717, 1.165) is 79.6 Å². The Hall–Kier alpha value is -4.20. The van der Waals surface area contributed by atoms with Crippen LogP contribution in [0.15, 0.2) is 55.1 Å². The van der Waals surface area contributed by atoms with Crippen molar-refractivity contribution in [1.29, 1.82) is 5.26 Å². The van der Waals surface area contributed by atoms with Gasteiger partial charge in [0.2, 0.25) is 5.88 Å². The lowest BCUT2D eigenvalue weighted by Crippen LogP contribution is -2.68. The third-order valence-electron chi connectivity index (χ3n) is 9.67. The molecule has 9 rings (SSSR count). The summed E-state index contributed by atoms with van der Waals surface area (Å²) in [4.78, 5) is 16.7. The van der Waals surface area contributed by atoms with Crippen molar-refractivity contribution in [2.24, 2.45) is 5.92 Å². The van der Waals surface area contributed by atoms with E-state index in [4.69, 9.17) is 9.72 Å². The quantitative estimate of drug-likeness (QED) is 0.335. The van der Waals surface area contributed by atoms with Gasteiger partial charge >= 0.3 is 0 Å². The van der Waals surface area contributed by atoms with Crippen LogP contribution in [0.5, 0.6) is 5.88 Å². The minimum atomic E-state index is -0.706. The second-order valence-corrected chi connectivity index (χ2v) is 13.2. The highest BCUT2D eigenvalue weighted by molar-refractivity contribution is 5.86. The first kappa shape index (κ1) is 26.4. The molecular formula is C33H36N8O2. The van der Waals surface area contributed by atoms with E-state index in [1.165, 1.54) is 12.0 Å². The predicted molar refractivity (Wildman–Crippen MR) is 163 cm³/mol. The Balaban J connectivity index is 0.973. The zero-order chi connectivity index (χ0) is 29.3. The molecule has 4 aliphatic heterocycles. The normalized spacial score (nSPS) is 22.3. The molecule has 4 aromatic heterocycles. The van der Waals surface area contributed by atoms with Crippen LogP contribution < -0.4 is 14.5 Å². The maximum atomic E-state index is 10.4. The molecule has 0 aromatic carbocycles. The van der Waals surface area contributed by atoms with Gasteiger partial charge in [-0.25, -0.2) is 14.5 Å². The number of nitriles is 1. The van der Waals surface area contributed by atoms with Crippen LogP contribution in [0, 0.1) is 17.2 Å². The van der Waals surface area contributed by atoms with Gasteiger partial charge in [-0.3, -0.25) is 4.90 Å². The first-order valence-electron chi connectivity index (χ1n) is 15.3. The van der Waals surface area contributed by atoms with Gasteiger partial charge in [-0.2, -0.15) is 10.4 Å². The number of hydrogen-bond donors (Lipinski definition) is 1. The molecule has 0 amide bonds. The van der Waals surface area contributed by atoms with Crippen molar-refractivity contribution < 1.29 is 9.84 Å². The molecule has 5 aliphatic rings. The zero-order valence-corrected chi connectivity index (χ0v) is 24.6. The van der Waals surface area contributed by atoms with E-state index in [1.807, 2.05) is 38.5 Å². The average molecular weight is 577 g/mol. The molecular weight excluding hydrogens is 540 g/mol. The maximum Gasteiger partial charge on any atom is 0.213 e. The van der Waals surface area contributed by atoms with E-state index in [0.29, 0.717) is 23.8 Å². The van der Waals surface area contributed by atoms with Gasteiger partial charge in [0.1, 0.15) is 18.0 Å². The Morgan fingerprint density at radius 3 is 2.47 bits per heavy atom. The standard InChI is InChI=1S/C33H36N8O2/c1-33(2,42)24-16-38(17-24)25-10-29(32-23(11-34)14-37-41(32)20-25)22-4-7-30(35-13-22)39-18-26-9-27(19-39)40(26)15-21-3-8-31(36-12-21)43-28-5-6-28/h3-4,7-8,10,12-14,20,24,26-28,42H,5-6,9,15-19H2,1-2H3. The molecule has 8 heterocycles. The summed E-state index contributed by atoms with van der Waals surface area (Å²) >= 11 is 0. The fraction of sp³-hybridized carbons (Fsp3) is 0.455. The smallest absolute Gasteiger partial charge is 0.213 e. The van der Waals surface area contributed by atoms with Crippen LogP contribution in [0.2, 0.25) is 0 Å². The Morgan fingerprint density at radius 1 is 1.00 bits per heavy atom. The summed E-state index contributed by atoms with van der Waals surface area (Å²) in [5, 5.41) is 24.7. The molecule has 2 unspecified atom stereocenters. The van der Waals surface area contributed by atoms with Crippen LogP contribution in [-0.4, -0.2) is 79.6 Å². The van der Waals surface area contributed by atoms with Gasteiger partial charge in [0.15, 0.2) is 0 Å². The van der Waals surface area contributed by atoms with Crippen LogP contribution in [0.4, 0.5) is 11.5 Å². The number of pyridine rings is 3. The maximum absolute atomic E-state index is 10.4. The van der Waals surface area contributed by atoms with Crippen molar-refractivity contribution >= 4 is 17.0 Å². The number of piperidine rings is 1. The minimum absolute atomic E-state index is 0.218. The van der Waals surface area contributed by atoms with Gasteiger partial charge in [0.05, 0.1) is 34.8 Å². The summed E-state index contributed by atoms with van der Waals surface area (Å²) < 4.78 is 7.60. The largest absolute Gasteiger partial charge is 0.474 e. The number of piperazine rings is 1. The Kier molecular flexibility index (Phi) is 6.10. The number of rotatable bonds is 8. The van der Waals surface area contributed by atoms with Crippen LogP contribution in [0.3, 0.4) is 0 Å². The predicted octanol–water partition coefficient (Wildman–Crippen LogP) is 3.87. The number of anilines is 2. The second kappa shape index (κ2) is 9.93. The Bertz CT molecular complexity index is 1680. The molecule has 220 valence electrons. The number of fused-ring (bicyclic) bond motifs is 3. The van der Waals surface area contributed by atoms with E-state index < -0.39 is 5.60 Å². The molecule has 10 nitrogen and oxygen atoms in total. The first-order chi connectivity index (χ1) is 20.8. The third kappa shape index (κ3) is 4.86. The van der Waals surface area contributed by atoms with Crippen molar-refractivity contribution in [2.75, 3.05) is 36.0 Å². The van der Waals surface area contributed by atoms with E-state index in [2.05, 4.69) is 55.1 Å². The molecule has 1 aliphatic carbocycles. The SMILES string of the molecule is CC(C)(O)C1CN(c2cc(-c3ccc(N4CC5CC(C4)N5Cc4ccc(OC5CC5)nc4)nc3)c3c(C#N)cnn3c2)C1. The van der Waals surface area contributed by atoms with Crippen LogP contribution in [0.1, 0.15) is 44.2 Å². The van der Waals surface area contributed by atoms with Gasteiger partial charge in [-0.05, 0) is 56.9 Å². The van der Waals surface area contributed by atoms with Crippen LogP contribution >= 0.6 is 0 Å². The summed E-state index contributed by atoms with van der Waals surface area (Å²) in [7, 11) is 0. The van der Waals surface area contributed by atoms with Gasteiger partial charge in [-0.1, -0.05) is 6.07 Å². The van der Waals surface area contributed by atoms with Crippen molar-refractivity contribution in [2.45, 2.75) is 63.4 Å². The molecule has 4 saturated heterocycles. The highest BCUT2D eigenvalue weighted by Gasteiger charge is 2.44. The monoisotopic (exact) mass is 576 g/mol. The van der Waals surface area contributed by atoms with Gasteiger partial charge in [0.25, 0.3) is 0 Å². The lowest BCUT2D eigenvalue weighted by molar-refractivity contribution is -0.00877. The molecule has 2 bridgehead atoms. The molecule has 1 N–H and O–H groups in total. The minimum Gasteiger partial charge on any atom is -0.474 e. The highest BCUT2D eigenvalue weighted by atomic mass is 16.5. The number of nitrogens with zero attached hydrogens (tertiary/aromatic N) is 8. The number of ether oxygens (including phenoxy) is 1. The van der Waals surface area contributed by atoms with Crippen molar-refractivity contribution in [3.05, 3.63) is 66.2 Å². The lowest BCUT2D eigenvalue weighted by atomic mass is 9.84. The summed E-state index contributed by atoms with van der Waals surface area (Å²) in [6.07, 6.45) is 11.4. The van der Waals surface area contributed by atoms with Crippen molar-refractivity contribution in [3.8, 4) is 23.1 Å². The molecule has 43 heavy (non-hydrogen) atoms. The van der Waals surface area contributed by atoms with Gasteiger partial charge in [-0.15, -0.1) is 0 Å². The molecule has 4 aromatic rings. The van der Waals surface area contributed by atoms with E-state index in [-0.39, 0.29) is 5.92 Å². The summed E-state index contributed by atoms with van der Waals surface area (Å²) in [6.45, 7) is 8.13. The van der Waals surface area contributed by atoms with Crippen LogP contribution in [-0.2, 0) is 6.54 Å². The average Bonchev–Trinajstić information content (AvgIpc) is 3.70. The second-order valence-electron chi connectivity index (χ2n) is 13.2. The number of aliphatic hydroxyl groups is 1. The summed E-state index contributed by atoms with van der Waals surface area (Å²) in [5.41, 5.74) is 4.77. The van der Waals surface area contributed by atoms with Gasteiger partial charge < -0.3 is 19.6 Å². The van der Waals surface area contributed by atoms with Crippen molar-refractivity contribution in [3.63, 3.8) is 0 Å². The van der Waals surface area contributed by atoms with Gasteiger partial charge in [0, 0.05) is 80.3 Å². The van der Waals surface area contributed by atoms with E-state index in [1.54, 1.807) is 10.7 Å². The molecule has 0 spiro atoms. The van der Waals surface area contributed by atoms with Crippen LogP contribution in [0.25, 0.3) is 16.6 Å². The molecule has 10 heteroatoms. The Labute approximate surface area is 251 Å². The zero-order valence-electron chi connectivity index (χ0n) is 24.6. The molecule has 0 radical (unpaired) electrons. The summed E-state index contributed by atoms with van der Waals surface area (Å²) in [6, 6.07) is 13.8. The summed E-state index contributed by atoms with van der Waals surface area (Å²) in [5.74, 6) is 1.94. The van der Waals surface area contributed by atoms with Crippen molar-refractivity contribution in [1.82, 2.24) is 24.5 Å². The first-order valence-corrected chi connectivity index (χ1v) is 15.3. The third-order valence-corrected chi connectivity index (χ3v) is 9.67. The lowest BCUT2D eigenvalue weighted by Gasteiger charge is -2.56. The van der Waals surface area contributed by atoms with E-state index in [9.17, 15) is 10.4 Å². The molecule has 2 atom stereocenters. The highest BCUT2D eigenvalue weighted by Crippen LogP contribution is 2.38. The Morgan fingerprint density at radius 2 is 1.81 bits per heavy atom. The topological polar surface area (TPSA) is 106 Å².